The van der Waals surface area contributed by atoms with Gasteiger partial charge in [0, 0.05) is 24.7 Å². The zero-order valence-corrected chi connectivity index (χ0v) is 17.1. The lowest BCUT2D eigenvalue weighted by atomic mass is 9.75. The van der Waals surface area contributed by atoms with Crippen molar-refractivity contribution < 1.29 is 20.1 Å². The molecule has 5 nitrogen and oxygen atoms in total. The van der Waals surface area contributed by atoms with E-state index in [1.54, 1.807) is 6.92 Å². The number of aliphatic hydroxyl groups excluding tert-OH is 3. The van der Waals surface area contributed by atoms with Crippen LogP contribution in [-0.2, 0) is 13.0 Å². The molecule has 0 unspecified atom stereocenters. The molecule has 0 amide bonds. The molecule has 1 aromatic rings. The highest BCUT2D eigenvalue weighted by atomic mass is 16.5. The summed E-state index contributed by atoms with van der Waals surface area (Å²) in [6.07, 6.45) is 1.88. The minimum atomic E-state index is -0.545. The van der Waals surface area contributed by atoms with Crippen molar-refractivity contribution in [2.75, 3.05) is 19.7 Å². The molecule has 2 heterocycles. The van der Waals surface area contributed by atoms with E-state index in [-0.39, 0.29) is 30.8 Å². The zero-order chi connectivity index (χ0) is 19.8. The van der Waals surface area contributed by atoms with Gasteiger partial charge in [0.1, 0.15) is 12.4 Å². The van der Waals surface area contributed by atoms with E-state index in [1.807, 2.05) is 12.1 Å². The summed E-state index contributed by atoms with van der Waals surface area (Å²) in [4.78, 5) is 2.50. The molecule has 3 rings (SSSR count). The highest BCUT2D eigenvalue weighted by Crippen LogP contribution is 2.43. The SMILES string of the molecule is C[C@@H](O)COc1cc2c(cc1CO)[C@H]1C[C@@H](O)[C@H](CC(C)(C)C)CN1CC2. The van der Waals surface area contributed by atoms with Crippen molar-refractivity contribution in [2.24, 2.45) is 11.3 Å². The fourth-order valence-corrected chi connectivity index (χ4v) is 4.62. The van der Waals surface area contributed by atoms with Gasteiger partial charge in [-0.15, -0.1) is 0 Å². The van der Waals surface area contributed by atoms with Gasteiger partial charge in [0.05, 0.1) is 18.8 Å². The number of fused-ring (bicyclic) bond motifs is 3. The monoisotopic (exact) mass is 377 g/mol. The standard InChI is InChI=1S/C22H35NO4/c1-14(25)13-27-21-8-15-5-6-23-11-17(10-22(2,3)4)20(26)9-19(23)18(15)7-16(21)12-24/h7-8,14,17,19-20,24-26H,5-6,9-13H2,1-4H3/t14-,17-,19-,20-/m1/s1. The molecule has 0 radical (unpaired) electrons. The second-order valence-electron chi connectivity index (χ2n) is 9.57. The van der Waals surface area contributed by atoms with Crippen LogP contribution in [0.15, 0.2) is 12.1 Å². The van der Waals surface area contributed by atoms with Crippen LogP contribution in [-0.4, -0.2) is 52.1 Å². The van der Waals surface area contributed by atoms with Gasteiger partial charge in [0.2, 0.25) is 0 Å². The van der Waals surface area contributed by atoms with Crippen LogP contribution in [0.25, 0.3) is 0 Å². The van der Waals surface area contributed by atoms with Gasteiger partial charge < -0.3 is 20.1 Å². The molecule has 1 aromatic carbocycles. The molecule has 27 heavy (non-hydrogen) atoms. The van der Waals surface area contributed by atoms with E-state index < -0.39 is 6.10 Å². The average molecular weight is 378 g/mol. The molecule has 0 bridgehead atoms. The number of ether oxygens (including phenoxy) is 1. The van der Waals surface area contributed by atoms with Crippen LogP contribution in [0.5, 0.6) is 5.75 Å². The summed E-state index contributed by atoms with van der Waals surface area (Å²) in [6.45, 7) is 10.4. The first-order valence-corrected chi connectivity index (χ1v) is 10.2. The molecule has 0 aliphatic carbocycles. The highest BCUT2D eigenvalue weighted by Gasteiger charge is 2.39. The number of rotatable bonds is 5. The van der Waals surface area contributed by atoms with Gasteiger partial charge >= 0.3 is 0 Å². The maximum atomic E-state index is 10.8. The predicted octanol–water partition coefficient (Wildman–Crippen LogP) is 2.65. The van der Waals surface area contributed by atoms with E-state index in [2.05, 4.69) is 25.7 Å². The van der Waals surface area contributed by atoms with E-state index in [0.717, 1.165) is 37.9 Å². The topological polar surface area (TPSA) is 73.2 Å². The third kappa shape index (κ3) is 4.83. The Morgan fingerprint density at radius 3 is 2.67 bits per heavy atom. The summed E-state index contributed by atoms with van der Waals surface area (Å²) < 4.78 is 5.71. The molecule has 0 saturated carbocycles. The third-order valence-electron chi connectivity index (χ3n) is 5.79. The van der Waals surface area contributed by atoms with Crippen molar-refractivity contribution in [3.63, 3.8) is 0 Å². The first-order valence-electron chi connectivity index (χ1n) is 10.2. The molecular formula is C22H35NO4. The number of benzene rings is 1. The maximum Gasteiger partial charge on any atom is 0.125 e. The Balaban J connectivity index is 1.82. The number of aliphatic hydroxyl groups is 3. The molecule has 152 valence electrons. The number of hydrogen-bond donors (Lipinski definition) is 3. The highest BCUT2D eigenvalue weighted by molar-refractivity contribution is 5.45. The summed E-state index contributed by atoms with van der Waals surface area (Å²) in [7, 11) is 0. The smallest absolute Gasteiger partial charge is 0.125 e. The quantitative estimate of drug-likeness (QED) is 0.736. The summed E-state index contributed by atoms with van der Waals surface area (Å²) in [5, 5.41) is 30.1. The van der Waals surface area contributed by atoms with Gasteiger partial charge in [-0.25, -0.2) is 0 Å². The lowest BCUT2D eigenvalue weighted by molar-refractivity contribution is -0.0259. The van der Waals surface area contributed by atoms with E-state index in [0.29, 0.717) is 11.7 Å². The van der Waals surface area contributed by atoms with Crippen molar-refractivity contribution in [1.29, 1.82) is 0 Å². The minimum Gasteiger partial charge on any atom is -0.491 e. The van der Waals surface area contributed by atoms with Crippen molar-refractivity contribution in [1.82, 2.24) is 4.90 Å². The number of hydrogen-bond acceptors (Lipinski definition) is 5. The Morgan fingerprint density at radius 2 is 2.04 bits per heavy atom. The van der Waals surface area contributed by atoms with Crippen molar-refractivity contribution in [3.05, 3.63) is 28.8 Å². The van der Waals surface area contributed by atoms with Crippen LogP contribution in [0.1, 0.15) is 63.3 Å². The lowest BCUT2D eigenvalue weighted by Gasteiger charge is -2.47. The first-order chi connectivity index (χ1) is 12.7. The molecule has 4 atom stereocenters. The van der Waals surface area contributed by atoms with Crippen LogP contribution in [0, 0.1) is 11.3 Å². The van der Waals surface area contributed by atoms with Gasteiger partial charge in [0.25, 0.3) is 0 Å². The summed E-state index contributed by atoms with van der Waals surface area (Å²) in [6, 6.07) is 4.27. The van der Waals surface area contributed by atoms with Crippen LogP contribution in [0.2, 0.25) is 0 Å². The summed E-state index contributed by atoms with van der Waals surface area (Å²) in [5.41, 5.74) is 3.41. The normalized spacial score (nSPS) is 27.0. The summed E-state index contributed by atoms with van der Waals surface area (Å²) >= 11 is 0. The van der Waals surface area contributed by atoms with Gasteiger partial charge in [-0.1, -0.05) is 20.8 Å². The Kier molecular flexibility index (Phi) is 6.16. The zero-order valence-electron chi connectivity index (χ0n) is 17.1. The van der Waals surface area contributed by atoms with Crippen molar-refractivity contribution in [2.45, 2.75) is 71.8 Å². The molecular weight excluding hydrogens is 342 g/mol. The van der Waals surface area contributed by atoms with E-state index in [1.165, 1.54) is 11.1 Å². The second kappa shape index (κ2) is 8.08. The largest absolute Gasteiger partial charge is 0.491 e. The third-order valence-corrected chi connectivity index (χ3v) is 5.79. The van der Waals surface area contributed by atoms with Crippen LogP contribution < -0.4 is 4.74 Å². The minimum absolute atomic E-state index is 0.0929. The molecule has 0 aromatic heterocycles. The van der Waals surface area contributed by atoms with Crippen LogP contribution in [0.4, 0.5) is 0 Å². The molecule has 1 saturated heterocycles. The van der Waals surface area contributed by atoms with Gasteiger partial charge in [0.15, 0.2) is 0 Å². The molecule has 2 aliphatic heterocycles. The molecule has 5 heteroatoms. The molecule has 0 spiro atoms. The Bertz CT molecular complexity index is 652. The predicted molar refractivity (Wildman–Crippen MR) is 106 cm³/mol. The second-order valence-corrected chi connectivity index (χ2v) is 9.57. The van der Waals surface area contributed by atoms with E-state index in [4.69, 9.17) is 4.74 Å². The number of nitrogens with zero attached hydrogens (tertiary/aromatic N) is 1. The van der Waals surface area contributed by atoms with Gasteiger partial charge in [-0.2, -0.15) is 0 Å². The average Bonchev–Trinajstić information content (AvgIpc) is 2.58. The van der Waals surface area contributed by atoms with Crippen LogP contribution >= 0.6 is 0 Å². The molecule has 1 fully saturated rings. The Labute approximate surface area is 163 Å². The fourth-order valence-electron chi connectivity index (χ4n) is 4.62. The van der Waals surface area contributed by atoms with Gasteiger partial charge in [-0.3, -0.25) is 4.90 Å². The lowest BCUT2D eigenvalue weighted by Crippen LogP contribution is -2.48. The molecule has 2 aliphatic rings. The van der Waals surface area contributed by atoms with Crippen molar-refractivity contribution >= 4 is 0 Å². The van der Waals surface area contributed by atoms with Gasteiger partial charge in [-0.05, 0) is 60.8 Å². The molecule has 3 N–H and O–H groups in total. The summed E-state index contributed by atoms with van der Waals surface area (Å²) in [5.74, 6) is 0.973. The first kappa shape index (κ1) is 20.6. The maximum absolute atomic E-state index is 10.8. The van der Waals surface area contributed by atoms with E-state index >= 15 is 0 Å². The number of piperidine rings is 1. The van der Waals surface area contributed by atoms with E-state index in [9.17, 15) is 15.3 Å². The Morgan fingerprint density at radius 1 is 1.30 bits per heavy atom. The Hall–Kier alpha value is -1.14. The van der Waals surface area contributed by atoms with Crippen molar-refractivity contribution in [3.8, 4) is 5.75 Å². The van der Waals surface area contributed by atoms with Crippen LogP contribution in [0.3, 0.4) is 0 Å². The fraction of sp³-hybridized carbons (Fsp3) is 0.727.